The van der Waals surface area contributed by atoms with Crippen LogP contribution in [0.5, 0.6) is 0 Å². The predicted octanol–water partition coefficient (Wildman–Crippen LogP) is 2.40. The molecule has 0 amide bonds. The number of methoxy groups -OCH3 is 1. The number of alkyl halides is 3. The molecule has 1 aromatic carbocycles. The summed E-state index contributed by atoms with van der Waals surface area (Å²) < 4.78 is 42.1. The Balaban J connectivity index is 3.02. The van der Waals surface area contributed by atoms with Gasteiger partial charge in [-0.1, -0.05) is 23.7 Å². The second kappa shape index (κ2) is 5.58. The monoisotopic (exact) mass is 281 g/mol. The van der Waals surface area contributed by atoms with Gasteiger partial charge in [0, 0.05) is 0 Å². The van der Waals surface area contributed by atoms with Crippen LogP contribution < -0.4 is 5.73 Å². The molecule has 7 heteroatoms. The zero-order chi connectivity index (χ0) is 13.9. The van der Waals surface area contributed by atoms with Crippen molar-refractivity contribution in [2.75, 3.05) is 7.11 Å². The van der Waals surface area contributed by atoms with Gasteiger partial charge in [0.25, 0.3) is 0 Å². The number of ether oxygens (including phenoxy) is 1. The highest BCUT2D eigenvalue weighted by atomic mass is 35.5. The summed E-state index contributed by atoms with van der Waals surface area (Å²) in [5.41, 5.74) is 4.68. The Hall–Kier alpha value is -1.27. The molecule has 0 saturated heterocycles. The number of rotatable bonds is 3. The lowest BCUT2D eigenvalue weighted by atomic mass is 10.0. The second-order valence-electron chi connectivity index (χ2n) is 3.61. The number of carbonyl (C=O) groups excluding carboxylic acids is 1. The van der Waals surface area contributed by atoms with Crippen molar-refractivity contribution in [2.24, 2.45) is 5.73 Å². The van der Waals surface area contributed by atoms with Gasteiger partial charge in [0.2, 0.25) is 0 Å². The fraction of sp³-hybridized carbons (Fsp3) is 0.364. The molecule has 0 heterocycles. The molecule has 0 aliphatic rings. The minimum atomic E-state index is -4.54. The summed E-state index contributed by atoms with van der Waals surface area (Å²) in [6.07, 6.45) is -4.65. The molecule has 0 spiro atoms. The SMILES string of the molecule is COC(=O)C(N)Cc1cccc(C(F)(F)F)c1Cl. The van der Waals surface area contributed by atoms with Crippen molar-refractivity contribution in [3.05, 3.63) is 34.3 Å². The first-order chi connectivity index (χ1) is 8.27. The van der Waals surface area contributed by atoms with Crippen LogP contribution in [-0.4, -0.2) is 19.1 Å². The van der Waals surface area contributed by atoms with E-state index in [2.05, 4.69) is 4.74 Å². The maximum Gasteiger partial charge on any atom is 0.417 e. The number of carbonyl (C=O) groups is 1. The van der Waals surface area contributed by atoms with Gasteiger partial charge in [0.1, 0.15) is 6.04 Å². The standard InChI is InChI=1S/C11H11ClF3NO2/c1-18-10(17)8(16)5-6-3-2-4-7(9(6)12)11(13,14)15/h2-4,8H,5,16H2,1H3. The normalized spacial score (nSPS) is 13.2. The highest BCUT2D eigenvalue weighted by molar-refractivity contribution is 6.32. The number of halogens is 4. The molecule has 0 saturated carbocycles. The quantitative estimate of drug-likeness (QED) is 0.866. The maximum absolute atomic E-state index is 12.6. The van der Waals surface area contributed by atoms with E-state index in [1.165, 1.54) is 12.1 Å². The molecule has 0 aromatic heterocycles. The van der Waals surface area contributed by atoms with Crippen LogP contribution in [0.1, 0.15) is 11.1 Å². The van der Waals surface area contributed by atoms with Gasteiger partial charge in [-0.3, -0.25) is 4.79 Å². The van der Waals surface area contributed by atoms with Gasteiger partial charge in [-0.2, -0.15) is 13.2 Å². The van der Waals surface area contributed by atoms with Crippen molar-refractivity contribution < 1.29 is 22.7 Å². The molecule has 18 heavy (non-hydrogen) atoms. The Labute approximate surface area is 107 Å². The first-order valence-electron chi connectivity index (χ1n) is 4.95. The van der Waals surface area contributed by atoms with E-state index >= 15 is 0 Å². The Morgan fingerprint density at radius 1 is 1.50 bits per heavy atom. The van der Waals surface area contributed by atoms with Crippen molar-refractivity contribution in [3.8, 4) is 0 Å². The van der Waals surface area contributed by atoms with Crippen LogP contribution in [0.3, 0.4) is 0 Å². The molecule has 0 aliphatic carbocycles. The lowest BCUT2D eigenvalue weighted by Crippen LogP contribution is -2.33. The van der Waals surface area contributed by atoms with Gasteiger partial charge in [-0.15, -0.1) is 0 Å². The minimum absolute atomic E-state index is 0.116. The molecular weight excluding hydrogens is 271 g/mol. The summed E-state index contributed by atoms with van der Waals surface area (Å²) in [7, 11) is 1.15. The summed E-state index contributed by atoms with van der Waals surface area (Å²) >= 11 is 5.66. The van der Waals surface area contributed by atoms with Crippen molar-refractivity contribution >= 4 is 17.6 Å². The largest absolute Gasteiger partial charge is 0.468 e. The summed E-state index contributed by atoms with van der Waals surface area (Å²) in [6, 6.07) is 2.43. The van der Waals surface area contributed by atoms with E-state index in [0.717, 1.165) is 13.2 Å². The van der Waals surface area contributed by atoms with Gasteiger partial charge in [0.15, 0.2) is 0 Å². The van der Waals surface area contributed by atoms with E-state index in [1.807, 2.05) is 0 Å². The summed E-state index contributed by atoms with van der Waals surface area (Å²) in [4.78, 5) is 11.1. The van der Waals surface area contributed by atoms with E-state index in [-0.39, 0.29) is 12.0 Å². The topological polar surface area (TPSA) is 52.3 Å². The zero-order valence-corrected chi connectivity index (χ0v) is 10.2. The molecule has 1 rings (SSSR count). The van der Waals surface area contributed by atoms with Crippen LogP contribution in [0, 0.1) is 0 Å². The summed E-state index contributed by atoms with van der Waals surface area (Å²) in [5, 5.41) is -0.440. The molecule has 0 bridgehead atoms. The number of esters is 1. The third kappa shape index (κ3) is 3.36. The Morgan fingerprint density at radius 2 is 2.11 bits per heavy atom. The van der Waals surface area contributed by atoms with E-state index in [1.54, 1.807) is 0 Å². The van der Waals surface area contributed by atoms with Crippen LogP contribution in [0.4, 0.5) is 13.2 Å². The van der Waals surface area contributed by atoms with E-state index in [0.29, 0.717) is 0 Å². The number of hydrogen-bond donors (Lipinski definition) is 1. The Morgan fingerprint density at radius 3 is 2.61 bits per heavy atom. The van der Waals surface area contributed by atoms with Gasteiger partial charge >= 0.3 is 12.1 Å². The van der Waals surface area contributed by atoms with Crippen LogP contribution in [0.25, 0.3) is 0 Å². The van der Waals surface area contributed by atoms with Crippen LogP contribution in [-0.2, 0) is 22.1 Å². The Kier molecular flexibility index (Phi) is 4.59. The van der Waals surface area contributed by atoms with Crippen molar-refractivity contribution in [1.82, 2.24) is 0 Å². The van der Waals surface area contributed by atoms with Crippen molar-refractivity contribution in [2.45, 2.75) is 18.6 Å². The highest BCUT2D eigenvalue weighted by Gasteiger charge is 2.34. The number of nitrogens with two attached hydrogens (primary N) is 1. The molecule has 100 valence electrons. The molecule has 1 aromatic rings. The van der Waals surface area contributed by atoms with E-state index in [4.69, 9.17) is 17.3 Å². The lowest BCUT2D eigenvalue weighted by molar-refractivity contribution is -0.142. The average Bonchev–Trinajstić information content (AvgIpc) is 2.29. The summed E-state index contributed by atoms with van der Waals surface area (Å²) in [5.74, 6) is -0.705. The van der Waals surface area contributed by atoms with Gasteiger partial charge in [-0.05, 0) is 18.1 Å². The molecule has 1 unspecified atom stereocenters. The molecule has 2 N–H and O–H groups in total. The smallest absolute Gasteiger partial charge is 0.417 e. The van der Waals surface area contributed by atoms with Gasteiger partial charge < -0.3 is 10.5 Å². The predicted molar refractivity (Wildman–Crippen MR) is 60.1 cm³/mol. The van der Waals surface area contributed by atoms with Gasteiger partial charge in [-0.25, -0.2) is 0 Å². The fourth-order valence-electron chi connectivity index (χ4n) is 1.43. The lowest BCUT2D eigenvalue weighted by Gasteiger charge is -2.14. The second-order valence-corrected chi connectivity index (χ2v) is 3.99. The molecule has 0 fully saturated rings. The number of benzene rings is 1. The summed E-state index contributed by atoms with van der Waals surface area (Å²) in [6.45, 7) is 0. The van der Waals surface area contributed by atoms with E-state index in [9.17, 15) is 18.0 Å². The first-order valence-corrected chi connectivity index (χ1v) is 5.33. The van der Waals surface area contributed by atoms with Gasteiger partial charge in [0.05, 0.1) is 17.7 Å². The first kappa shape index (κ1) is 14.8. The van der Waals surface area contributed by atoms with E-state index < -0.39 is 28.8 Å². The molecule has 3 nitrogen and oxygen atoms in total. The number of hydrogen-bond acceptors (Lipinski definition) is 3. The third-order valence-corrected chi connectivity index (χ3v) is 2.77. The maximum atomic E-state index is 12.6. The van der Waals surface area contributed by atoms with Crippen molar-refractivity contribution in [3.63, 3.8) is 0 Å². The van der Waals surface area contributed by atoms with Crippen LogP contribution >= 0.6 is 11.6 Å². The fourth-order valence-corrected chi connectivity index (χ4v) is 1.74. The van der Waals surface area contributed by atoms with Crippen molar-refractivity contribution in [1.29, 1.82) is 0 Å². The average molecular weight is 282 g/mol. The zero-order valence-electron chi connectivity index (χ0n) is 9.42. The molecule has 0 aliphatic heterocycles. The highest BCUT2D eigenvalue weighted by Crippen LogP contribution is 2.36. The molecule has 1 atom stereocenters. The molecule has 0 radical (unpaired) electrons. The third-order valence-electron chi connectivity index (χ3n) is 2.33. The Bertz CT molecular complexity index is 448. The molecular formula is C11H11ClF3NO2. The van der Waals surface area contributed by atoms with Crippen LogP contribution in [0.15, 0.2) is 18.2 Å². The minimum Gasteiger partial charge on any atom is -0.468 e. The van der Waals surface area contributed by atoms with Crippen LogP contribution in [0.2, 0.25) is 5.02 Å².